The number of carbonyl (C=O) groups is 1. The Morgan fingerprint density at radius 1 is 1.10 bits per heavy atom. The SMILES string of the molecule is Cc1nc(COc2ccc(C(=O)N(C)S(=O)(=O)c3ccc4c(c3)OCCO4)cc2)no1. The van der Waals surface area contributed by atoms with E-state index in [2.05, 4.69) is 10.1 Å². The van der Waals surface area contributed by atoms with Crippen LogP contribution in [0.4, 0.5) is 0 Å². The van der Waals surface area contributed by atoms with E-state index in [9.17, 15) is 13.2 Å². The molecule has 0 saturated heterocycles. The van der Waals surface area contributed by atoms with Crippen LogP contribution in [0.15, 0.2) is 51.9 Å². The number of aromatic nitrogens is 2. The highest BCUT2D eigenvalue weighted by atomic mass is 32.2. The smallest absolute Gasteiger partial charge is 0.267 e. The summed E-state index contributed by atoms with van der Waals surface area (Å²) in [6.45, 7) is 2.49. The average Bonchev–Trinajstić information content (AvgIpc) is 3.21. The lowest BCUT2D eigenvalue weighted by Gasteiger charge is -2.21. The Bertz CT molecular complexity index is 1210. The maximum atomic E-state index is 12.9. The number of aryl methyl sites for hydroxylation is 1. The van der Waals surface area contributed by atoms with E-state index in [1.165, 1.54) is 37.4 Å². The first-order valence-corrected chi connectivity index (χ1v) is 10.7. The lowest BCUT2D eigenvalue weighted by atomic mass is 10.2. The van der Waals surface area contributed by atoms with Crippen molar-refractivity contribution in [3.05, 3.63) is 59.7 Å². The Kier molecular flexibility index (Phi) is 5.51. The number of benzene rings is 2. The topological polar surface area (TPSA) is 121 Å². The van der Waals surface area contributed by atoms with Crippen LogP contribution in [0.2, 0.25) is 0 Å². The third-order valence-corrected chi connectivity index (χ3v) is 6.23. The molecular formula is C20H19N3O7S. The molecule has 2 heterocycles. The summed E-state index contributed by atoms with van der Waals surface area (Å²) < 4.78 is 47.8. The molecule has 1 aliphatic heterocycles. The number of fused-ring (bicyclic) bond motifs is 1. The van der Waals surface area contributed by atoms with Crippen molar-refractivity contribution in [2.75, 3.05) is 20.3 Å². The number of hydrogen-bond donors (Lipinski definition) is 0. The molecule has 2 aromatic carbocycles. The first-order valence-electron chi connectivity index (χ1n) is 9.29. The molecule has 1 aliphatic rings. The Balaban J connectivity index is 1.46. The van der Waals surface area contributed by atoms with Gasteiger partial charge in [0.1, 0.15) is 19.0 Å². The van der Waals surface area contributed by atoms with Crippen LogP contribution >= 0.6 is 0 Å². The summed E-state index contributed by atoms with van der Waals surface area (Å²) in [4.78, 5) is 16.7. The van der Waals surface area contributed by atoms with E-state index in [1.54, 1.807) is 19.1 Å². The molecule has 0 unspecified atom stereocenters. The largest absolute Gasteiger partial charge is 0.486 e. The van der Waals surface area contributed by atoms with Gasteiger partial charge >= 0.3 is 0 Å². The summed E-state index contributed by atoms with van der Waals surface area (Å²) in [5, 5.41) is 3.73. The number of hydrogen-bond acceptors (Lipinski definition) is 9. The highest BCUT2D eigenvalue weighted by molar-refractivity contribution is 7.89. The fourth-order valence-corrected chi connectivity index (χ4v) is 4.01. The van der Waals surface area contributed by atoms with E-state index < -0.39 is 15.9 Å². The minimum Gasteiger partial charge on any atom is -0.486 e. The number of nitrogens with zero attached hydrogens (tertiary/aromatic N) is 3. The minimum absolute atomic E-state index is 0.0667. The minimum atomic E-state index is -4.08. The molecular weight excluding hydrogens is 426 g/mol. The van der Waals surface area contributed by atoms with Gasteiger partial charge < -0.3 is 18.7 Å². The van der Waals surface area contributed by atoms with E-state index in [-0.39, 0.29) is 17.1 Å². The molecule has 0 atom stereocenters. The fraction of sp³-hybridized carbons (Fsp3) is 0.250. The molecule has 0 aliphatic carbocycles. The second kappa shape index (κ2) is 8.26. The lowest BCUT2D eigenvalue weighted by molar-refractivity contribution is 0.0883. The van der Waals surface area contributed by atoms with Gasteiger partial charge in [0.2, 0.25) is 11.7 Å². The van der Waals surface area contributed by atoms with Crippen LogP contribution in [-0.4, -0.2) is 49.0 Å². The molecule has 0 spiro atoms. The Labute approximate surface area is 178 Å². The van der Waals surface area contributed by atoms with Gasteiger partial charge in [-0.1, -0.05) is 5.16 Å². The summed E-state index contributed by atoms with van der Waals surface area (Å²) in [7, 11) is -2.88. The van der Waals surface area contributed by atoms with Gasteiger partial charge in [0.15, 0.2) is 18.1 Å². The van der Waals surface area contributed by atoms with Crippen LogP contribution in [0.5, 0.6) is 17.2 Å². The van der Waals surface area contributed by atoms with Crippen molar-refractivity contribution in [1.82, 2.24) is 14.4 Å². The van der Waals surface area contributed by atoms with E-state index in [0.29, 0.717) is 46.5 Å². The van der Waals surface area contributed by atoms with Gasteiger partial charge in [-0.3, -0.25) is 4.79 Å². The average molecular weight is 445 g/mol. The van der Waals surface area contributed by atoms with Crippen molar-refractivity contribution >= 4 is 15.9 Å². The molecule has 11 heteroatoms. The molecule has 3 aromatic rings. The molecule has 0 radical (unpaired) electrons. The maximum absolute atomic E-state index is 12.9. The summed E-state index contributed by atoms with van der Waals surface area (Å²) in [5.74, 6) is 1.40. The van der Waals surface area contributed by atoms with Crippen LogP contribution in [0.25, 0.3) is 0 Å². The maximum Gasteiger partial charge on any atom is 0.267 e. The summed E-state index contributed by atoms with van der Waals surface area (Å²) >= 11 is 0. The molecule has 31 heavy (non-hydrogen) atoms. The van der Waals surface area contributed by atoms with Gasteiger partial charge in [-0.25, -0.2) is 12.7 Å². The Morgan fingerprint density at radius 3 is 2.48 bits per heavy atom. The summed E-state index contributed by atoms with van der Waals surface area (Å²) in [6, 6.07) is 10.3. The predicted octanol–water partition coefficient (Wildman–Crippen LogP) is 2.19. The number of ether oxygens (including phenoxy) is 3. The van der Waals surface area contributed by atoms with Gasteiger partial charge in [0.25, 0.3) is 15.9 Å². The molecule has 0 bridgehead atoms. The van der Waals surface area contributed by atoms with Crippen LogP contribution < -0.4 is 14.2 Å². The van der Waals surface area contributed by atoms with Crippen molar-refractivity contribution in [2.24, 2.45) is 0 Å². The fourth-order valence-electron chi connectivity index (χ4n) is 2.87. The van der Waals surface area contributed by atoms with Gasteiger partial charge in [0, 0.05) is 25.6 Å². The van der Waals surface area contributed by atoms with Crippen molar-refractivity contribution in [3.63, 3.8) is 0 Å². The zero-order chi connectivity index (χ0) is 22.0. The highest BCUT2D eigenvalue weighted by Gasteiger charge is 2.28. The zero-order valence-corrected chi connectivity index (χ0v) is 17.6. The first kappa shape index (κ1) is 20.7. The molecule has 0 N–H and O–H groups in total. The molecule has 0 saturated carbocycles. The first-order chi connectivity index (χ1) is 14.8. The molecule has 4 rings (SSSR count). The molecule has 1 amide bonds. The second-order valence-electron chi connectivity index (χ2n) is 6.63. The van der Waals surface area contributed by atoms with Crippen molar-refractivity contribution in [2.45, 2.75) is 18.4 Å². The third kappa shape index (κ3) is 4.31. The number of carbonyl (C=O) groups excluding carboxylic acids is 1. The van der Waals surface area contributed by atoms with E-state index in [1.807, 2.05) is 0 Å². The van der Waals surface area contributed by atoms with Crippen LogP contribution in [0, 0.1) is 6.92 Å². The number of sulfonamides is 1. The van der Waals surface area contributed by atoms with Crippen molar-refractivity contribution in [1.29, 1.82) is 0 Å². The van der Waals surface area contributed by atoms with E-state index in [4.69, 9.17) is 18.7 Å². The lowest BCUT2D eigenvalue weighted by Crippen LogP contribution is -2.33. The van der Waals surface area contributed by atoms with Crippen molar-refractivity contribution in [3.8, 4) is 17.2 Å². The predicted molar refractivity (Wildman–Crippen MR) is 107 cm³/mol. The Morgan fingerprint density at radius 2 is 1.81 bits per heavy atom. The van der Waals surface area contributed by atoms with Gasteiger partial charge in [-0.2, -0.15) is 4.98 Å². The van der Waals surface area contributed by atoms with Gasteiger partial charge in [-0.05, 0) is 36.4 Å². The molecule has 1 aromatic heterocycles. The number of amides is 1. The monoisotopic (exact) mass is 445 g/mol. The van der Waals surface area contributed by atoms with Crippen LogP contribution in [-0.2, 0) is 16.6 Å². The summed E-state index contributed by atoms with van der Waals surface area (Å²) in [5.41, 5.74) is 0.186. The molecule has 162 valence electrons. The second-order valence-corrected chi connectivity index (χ2v) is 8.60. The standard InChI is InChI=1S/C20H19N3O7S/c1-13-21-19(22-30-13)12-29-15-5-3-14(4-6-15)20(24)23(2)31(25,26)16-7-8-17-18(11-16)28-10-9-27-17/h3-8,11H,9-10,12H2,1-2H3. The van der Waals surface area contributed by atoms with E-state index in [0.717, 1.165) is 0 Å². The van der Waals surface area contributed by atoms with Crippen molar-refractivity contribution < 1.29 is 31.9 Å². The molecule has 10 nitrogen and oxygen atoms in total. The normalized spacial score (nSPS) is 13.0. The van der Waals surface area contributed by atoms with Gasteiger partial charge in [-0.15, -0.1) is 0 Å². The third-order valence-electron chi connectivity index (χ3n) is 4.50. The zero-order valence-electron chi connectivity index (χ0n) is 16.8. The Hall–Kier alpha value is -3.60. The van der Waals surface area contributed by atoms with Crippen LogP contribution in [0.1, 0.15) is 22.1 Å². The van der Waals surface area contributed by atoms with Gasteiger partial charge in [0.05, 0.1) is 4.90 Å². The quantitative estimate of drug-likeness (QED) is 0.562. The molecule has 0 fully saturated rings. The summed E-state index contributed by atoms with van der Waals surface area (Å²) in [6.07, 6.45) is 0. The van der Waals surface area contributed by atoms with E-state index >= 15 is 0 Å². The highest BCUT2D eigenvalue weighted by Crippen LogP contribution is 2.33. The number of rotatable bonds is 6. The van der Waals surface area contributed by atoms with Crippen LogP contribution in [0.3, 0.4) is 0 Å².